The highest BCUT2D eigenvalue weighted by molar-refractivity contribution is 5.28. The van der Waals surface area contributed by atoms with Crippen molar-refractivity contribution >= 4 is 0 Å². The second-order valence-corrected chi connectivity index (χ2v) is 12.7. The molecule has 0 bridgehead atoms. The smallest absolute Gasteiger partial charge is 0.0467 e. The summed E-state index contributed by atoms with van der Waals surface area (Å²) in [5.41, 5.74) is 0. The van der Waals surface area contributed by atoms with E-state index in [1.54, 1.807) is 6.08 Å². The van der Waals surface area contributed by atoms with E-state index < -0.39 is 0 Å². The fourth-order valence-electron chi connectivity index (χ4n) is 4.10. The third-order valence-corrected chi connectivity index (χ3v) is 7.22. The van der Waals surface area contributed by atoms with Gasteiger partial charge in [-0.1, -0.05) is 402 Å². The molecule has 0 aliphatic heterocycles. The van der Waals surface area contributed by atoms with Crippen LogP contribution in [-0.4, -0.2) is 0 Å². The Kier molecular flexibility index (Phi) is 50.1. The molecule has 0 unspecified atom stereocenters. The standard InChI is InChI=1S/C67H70/c1-3-5-7-9-11-13-15-17-19-21-23-25-27-29-31-33-35-37-39-41-43-45-47-49-51-53-55-57-59-61-63-65-67-66-64-62-60-58-56-54-52-50-48-46-44-42-40-38-36-34-32-30-28-26-24-22-20-18-16-14-12-10-8-6-4-2/h3-67H,1H2,2H3. The van der Waals surface area contributed by atoms with Crippen molar-refractivity contribution in [2.24, 2.45) is 0 Å². The van der Waals surface area contributed by atoms with Crippen LogP contribution in [0.15, 0.2) is 402 Å². The lowest BCUT2D eigenvalue weighted by atomic mass is 10.3. The summed E-state index contributed by atoms with van der Waals surface area (Å²) < 4.78 is 0. The van der Waals surface area contributed by atoms with E-state index in [2.05, 4.69) is 6.58 Å². The third-order valence-electron chi connectivity index (χ3n) is 7.22. The normalized spacial score (nSPS) is 15.5. The van der Waals surface area contributed by atoms with Gasteiger partial charge in [0.15, 0.2) is 0 Å². The molecule has 0 aromatic carbocycles. The zero-order valence-electron chi connectivity index (χ0n) is 39.2. The van der Waals surface area contributed by atoms with Crippen LogP contribution in [0.25, 0.3) is 0 Å². The van der Waals surface area contributed by atoms with Crippen LogP contribution in [0.4, 0.5) is 0 Å². The molecule has 0 N–H and O–H groups in total. The Bertz CT molecular complexity index is 2270. The Morgan fingerprint density at radius 2 is 0.194 bits per heavy atom. The minimum atomic E-state index is 1.75. The number of hydrogen-bond acceptors (Lipinski definition) is 0. The molecule has 0 spiro atoms. The zero-order valence-corrected chi connectivity index (χ0v) is 39.2. The van der Waals surface area contributed by atoms with Gasteiger partial charge in [0, 0.05) is 0 Å². The molecule has 0 aliphatic rings. The fraction of sp³-hybridized carbons (Fsp3) is 0.0149. The second kappa shape index (κ2) is 57.4. The summed E-state index contributed by atoms with van der Waals surface area (Å²) in [6.45, 7) is 5.63. The van der Waals surface area contributed by atoms with E-state index in [4.69, 9.17) is 0 Å². The fourth-order valence-corrected chi connectivity index (χ4v) is 4.10. The molecule has 0 saturated heterocycles. The Balaban J connectivity index is 4.09. The van der Waals surface area contributed by atoms with Crippen LogP contribution in [0.2, 0.25) is 0 Å². The molecule has 0 radical (unpaired) electrons. The quantitative estimate of drug-likeness (QED) is 0.0591. The van der Waals surface area contributed by atoms with Crippen LogP contribution >= 0.6 is 0 Å². The summed E-state index contributed by atoms with van der Waals surface area (Å²) >= 11 is 0. The maximum atomic E-state index is 3.63. The molecular weight excluding hydrogens is 805 g/mol. The maximum absolute atomic E-state index is 3.63. The zero-order chi connectivity index (χ0) is 48.0. The van der Waals surface area contributed by atoms with Gasteiger partial charge in [-0.15, -0.1) is 0 Å². The molecule has 0 heteroatoms. The van der Waals surface area contributed by atoms with Gasteiger partial charge in [0.25, 0.3) is 0 Å². The molecule has 0 aliphatic carbocycles. The Morgan fingerprint density at radius 1 is 0.119 bits per heavy atom. The lowest BCUT2D eigenvalue weighted by Crippen LogP contribution is -1.55. The Labute approximate surface area is 406 Å². The monoisotopic (exact) mass is 875 g/mol. The third kappa shape index (κ3) is 57.4. The van der Waals surface area contributed by atoms with Crippen molar-refractivity contribution in [1.82, 2.24) is 0 Å². The summed E-state index contributed by atoms with van der Waals surface area (Å²) in [5.74, 6) is 0. The highest BCUT2D eigenvalue weighted by Crippen LogP contribution is 1.92. The molecule has 67 heavy (non-hydrogen) atoms. The average molecular weight is 875 g/mol. The van der Waals surface area contributed by atoms with E-state index in [1.807, 2.05) is 396 Å². The predicted octanol–water partition coefficient (Wildman–Crippen LogP) is 19.0. The van der Waals surface area contributed by atoms with E-state index in [9.17, 15) is 0 Å². The van der Waals surface area contributed by atoms with Crippen LogP contribution < -0.4 is 0 Å². The minimum Gasteiger partial charge on any atom is -0.0991 e. The second-order valence-electron chi connectivity index (χ2n) is 12.7. The highest BCUT2D eigenvalue weighted by Gasteiger charge is 1.70. The van der Waals surface area contributed by atoms with E-state index in [0.29, 0.717) is 0 Å². The van der Waals surface area contributed by atoms with Gasteiger partial charge in [-0.3, -0.25) is 0 Å². The van der Waals surface area contributed by atoms with Gasteiger partial charge in [-0.2, -0.15) is 0 Å². The van der Waals surface area contributed by atoms with Gasteiger partial charge >= 0.3 is 0 Å². The van der Waals surface area contributed by atoms with Gasteiger partial charge in [-0.25, -0.2) is 0 Å². The number of allylic oxidation sites excluding steroid dienone is 65. The first kappa shape index (κ1) is 58.4. The molecular formula is C67H70. The van der Waals surface area contributed by atoms with Crippen LogP contribution in [0.1, 0.15) is 6.92 Å². The summed E-state index contributed by atoms with van der Waals surface area (Å²) in [6.07, 6.45) is 129. The maximum Gasteiger partial charge on any atom is -0.0467 e. The molecule has 0 aromatic rings. The molecule has 0 rings (SSSR count). The largest absolute Gasteiger partial charge is 0.0991 e. The van der Waals surface area contributed by atoms with Gasteiger partial charge in [0.2, 0.25) is 0 Å². The Morgan fingerprint density at radius 3 is 0.269 bits per heavy atom. The SMILES string of the molecule is C=CC=CC=CC=CC=CC=CC=CC=CC=CC=CC=CC=CC=CC=CC=CC=CC=CC=CC=CC=CC=CC=CC=CC=CC=CC=CC=CC=CC=CC=CC=CC=CC=CC. The van der Waals surface area contributed by atoms with Crippen molar-refractivity contribution in [3.63, 3.8) is 0 Å². The van der Waals surface area contributed by atoms with Gasteiger partial charge in [0.1, 0.15) is 0 Å². The van der Waals surface area contributed by atoms with E-state index in [0.717, 1.165) is 0 Å². The van der Waals surface area contributed by atoms with Crippen LogP contribution in [0.3, 0.4) is 0 Å². The predicted molar refractivity (Wildman–Crippen MR) is 308 cm³/mol. The lowest BCUT2D eigenvalue weighted by molar-refractivity contribution is 1.73. The Hall–Kier alpha value is -8.58. The van der Waals surface area contributed by atoms with Crippen molar-refractivity contribution in [3.8, 4) is 0 Å². The van der Waals surface area contributed by atoms with Gasteiger partial charge < -0.3 is 0 Å². The number of rotatable bonds is 32. The average Bonchev–Trinajstić information content (AvgIpc) is 3.34. The first-order valence-corrected chi connectivity index (χ1v) is 22.3. The molecule has 0 heterocycles. The molecule has 338 valence electrons. The molecule has 0 fully saturated rings. The minimum absolute atomic E-state index is 1.75. The first-order chi connectivity index (χ1) is 33.4. The van der Waals surface area contributed by atoms with Crippen molar-refractivity contribution in [1.29, 1.82) is 0 Å². The van der Waals surface area contributed by atoms with Gasteiger partial charge in [-0.05, 0) is 6.92 Å². The van der Waals surface area contributed by atoms with Crippen LogP contribution in [0, 0.1) is 0 Å². The van der Waals surface area contributed by atoms with E-state index >= 15 is 0 Å². The van der Waals surface area contributed by atoms with Crippen LogP contribution in [-0.2, 0) is 0 Å². The van der Waals surface area contributed by atoms with Crippen molar-refractivity contribution in [2.45, 2.75) is 6.92 Å². The summed E-state index contributed by atoms with van der Waals surface area (Å²) in [7, 11) is 0. The van der Waals surface area contributed by atoms with Crippen molar-refractivity contribution in [2.75, 3.05) is 0 Å². The van der Waals surface area contributed by atoms with Crippen molar-refractivity contribution < 1.29 is 0 Å². The molecule has 0 amide bonds. The van der Waals surface area contributed by atoms with Crippen molar-refractivity contribution in [3.05, 3.63) is 402 Å². The lowest BCUT2D eigenvalue weighted by Gasteiger charge is -1.77. The summed E-state index contributed by atoms with van der Waals surface area (Å²) in [5, 5.41) is 0. The number of hydrogen-bond donors (Lipinski definition) is 0. The molecule has 0 atom stereocenters. The molecule has 0 saturated carbocycles. The van der Waals surface area contributed by atoms with E-state index in [-0.39, 0.29) is 0 Å². The topological polar surface area (TPSA) is 0 Å². The van der Waals surface area contributed by atoms with Gasteiger partial charge in [0.05, 0.1) is 0 Å². The first-order valence-electron chi connectivity index (χ1n) is 22.3. The van der Waals surface area contributed by atoms with Crippen LogP contribution in [0.5, 0.6) is 0 Å². The summed E-state index contributed by atoms with van der Waals surface area (Å²) in [4.78, 5) is 0. The highest BCUT2D eigenvalue weighted by atomic mass is 13.8. The molecule has 0 nitrogen and oxygen atoms in total. The molecule has 0 aromatic heterocycles. The van der Waals surface area contributed by atoms with E-state index in [1.165, 1.54) is 0 Å². The summed E-state index contributed by atoms with van der Waals surface area (Å²) in [6, 6.07) is 0.